The molecule has 142 valence electrons. The van der Waals surface area contributed by atoms with Gasteiger partial charge < -0.3 is 9.26 Å². The first-order valence-electron chi connectivity index (χ1n) is 8.14. The van der Waals surface area contributed by atoms with Crippen LogP contribution < -0.4 is 10.1 Å². The first kappa shape index (κ1) is 18.7. The number of hydrogen-bond donors (Lipinski definition) is 1. The minimum Gasteiger partial charge on any atom is -0.497 e. The lowest BCUT2D eigenvalue weighted by Crippen LogP contribution is -2.13. The van der Waals surface area contributed by atoms with E-state index in [1.165, 1.54) is 11.3 Å². The lowest BCUT2D eigenvalue weighted by molar-refractivity contribution is 0.102. The monoisotopic (exact) mass is 433 g/mol. The summed E-state index contributed by atoms with van der Waals surface area (Å²) in [5.74, 6) is 0.668. The van der Waals surface area contributed by atoms with E-state index in [-0.39, 0.29) is 11.3 Å². The number of anilines is 1. The van der Waals surface area contributed by atoms with Crippen molar-refractivity contribution in [2.75, 3.05) is 12.4 Å². The maximum absolute atomic E-state index is 13.0. The van der Waals surface area contributed by atoms with Crippen molar-refractivity contribution in [3.8, 4) is 17.0 Å². The van der Waals surface area contributed by atoms with Gasteiger partial charge in [0.1, 0.15) is 22.8 Å². The van der Waals surface area contributed by atoms with Crippen molar-refractivity contribution in [1.29, 1.82) is 0 Å². The number of aryl methyl sites for hydroxylation is 1. The Balaban J connectivity index is 1.71. The Kier molecular flexibility index (Phi) is 4.97. The molecule has 4 aromatic rings. The molecule has 2 heterocycles. The van der Waals surface area contributed by atoms with Gasteiger partial charge in [-0.15, -0.1) is 0 Å². The molecule has 9 heteroatoms. The van der Waals surface area contributed by atoms with Crippen LogP contribution in [-0.2, 0) is 0 Å². The summed E-state index contributed by atoms with van der Waals surface area (Å²) in [6.45, 7) is 1.65. The summed E-state index contributed by atoms with van der Waals surface area (Å²) in [5, 5.41) is 8.00. The third-order valence-corrected chi connectivity index (χ3v) is 5.67. The van der Waals surface area contributed by atoms with Crippen LogP contribution in [0.3, 0.4) is 0 Å². The number of fused-ring (bicyclic) bond motifs is 1. The molecule has 0 radical (unpaired) electrons. The van der Waals surface area contributed by atoms with Gasteiger partial charge in [-0.05, 0) is 37.3 Å². The van der Waals surface area contributed by atoms with E-state index in [1.54, 1.807) is 32.2 Å². The van der Waals surface area contributed by atoms with E-state index < -0.39 is 5.91 Å². The fourth-order valence-electron chi connectivity index (χ4n) is 2.78. The summed E-state index contributed by atoms with van der Waals surface area (Å²) < 4.78 is 11.4. The fraction of sp³-hybridized carbons (Fsp3) is 0.105. The summed E-state index contributed by atoms with van der Waals surface area (Å²) >= 11 is 13.9. The molecule has 6 nitrogen and oxygen atoms in total. The van der Waals surface area contributed by atoms with Crippen molar-refractivity contribution in [1.82, 2.24) is 10.1 Å². The molecule has 0 aliphatic carbocycles. The van der Waals surface area contributed by atoms with Crippen LogP contribution in [0.15, 0.2) is 40.9 Å². The van der Waals surface area contributed by atoms with Gasteiger partial charge in [0, 0.05) is 5.56 Å². The molecule has 2 aromatic carbocycles. The number of carbonyl (C=O) groups excluding carboxylic acids is 1. The third kappa shape index (κ3) is 3.32. The molecule has 4 rings (SSSR count). The number of nitrogens with zero attached hydrogens (tertiary/aromatic N) is 2. The number of benzene rings is 2. The number of aromatic nitrogens is 2. The number of nitrogens with one attached hydrogen (secondary N) is 1. The van der Waals surface area contributed by atoms with E-state index in [2.05, 4.69) is 15.5 Å². The first-order valence-corrected chi connectivity index (χ1v) is 9.71. The fourth-order valence-corrected chi connectivity index (χ4v) is 4.25. The van der Waals surface area contributed by atoms with Gasteiger partial charge in [-0.2, -0.15) is 0 Å². The van der Waals surface area contributed by atoms with Crippen molar-refractivity contribution in [3.05, 3.63) is 57.8 Å². The second-order valence-electron chi connectivity index (χ2n) is 5.87. The number of rotatable bonds is 4. The molecule has 1 N–H and O–H groups in total. The number of carbonyl (C=O) groups is 1. The minimum absolute atomic E-state index is 0.256. The highest BCUT2D eigenvalue weighted by Gasteiger charge is 2.25. The van der Waals surface area contributed by atoms with Crippen LogP contribution in [0.4, 0.5) is 5.13 Å². The third-order valence-electron chi connectivity index (χ3n) is 4.11. The van der Waals surface area contributed by atoms with E-state index >= 15 is 0 Å². The molecule has 0 bridgehead atoms. The number of amides is 1. The Bertz CT molecular complexity index is 1180. The summed E-state index contributed by atoms with van der Waals surface area (Å²) in [4.78, 5) is 17.4. The number of thiazole rings is 1. The van der Waals surface area contributed by atoms with Gasteiger partial charge in [-0.3, -0.25) is 10.1 Å². The van der Waals surface area contributed by atoms with Crippen LogP contribution in [-0.4, -0.2) is 23.2 Å². The number of hydrogen-bond acceptors (Lipinski definition) is 6. The van der Waals surface area contributed by atoms with Gasteiger partial charge in [0.15, 0.2) is 5.13 Å². The van der Waals surface area contributed by atoms with Crippen molar-refractivity contribution < 1.29 is 14.1 Å². The zero-order valence-electron chi connectivity index (χ0n) is 14.7. The highest BCUT2D eigenvalue weighted by Crippen LogP contribution is 2.37. The van der Waals surface area contributed by atoms with Crippen LogP contribution in [0.5, 0.6) is 5.75 Å². The highest BCUT2D eigenvalue weighted by atomic mass is 35.5. The number of halogens is 2. The summed E-state index contributed by atoms with van der Waals surface area (Å²) in [6, 6.07) is 10.6. The molecule has 2 aromatic heterocycles. The van der Waals surface area contributed by atoms with Crippen LogP contribution in [0, 0.1) is 6.92 Å². The number of ether oxygens (including phenoxy) is 1. The van der Waals surface area contributed by atoms with E-state index in [9.17, 15) is 4.79 Å². The molecule has 28 heavy (non-hydrogen) atoms. The van der Waals surface area contributed by atoms with Crippen molar-refractivity contribution >= 4 is 55.8 Å². The average molecular weight is 434 g/mol. The molecule has 0 spiro atoms. The molecular formula is C19H13Cl2N3O3S. The normalized spacial score (nSPS) is 11.0. The summed E-state index contributed by atoms with van der Waals surface area (Å²) in [7, 11) is 1.60. The Hall–Kier alpha value is -2.61. The quantitative estimate of drug-likeness (QED) is 0.438. The molecule has 0 fully saturated rings. The zero-order valence-corrected chi connectivity index (χ0v) is 17.1. The maximum atomic E-state index is 13.0. The molecule has 0 unspecified atom stereocenters. The lowest BCUT2D eigenvalue weighted by atomic mass is 10.1. The van der Waals surface area contributed by atoms with Crippen LogP contribution >= 0.6 is 34.5 Å². The SMILES string of the molecule is COc1ccc2nc(NC(=O)c3c(-c4c(Cl)cccc4Cl)noc3C)sc2c1. The maximum Gasteiger partial charge on any atom is 0.263 e. The Morgan fingerprint density at radius 3 is 2.68 bits per heavy atom. The van der Waals surface area contributed by atoms with Gasteiger partial charge >= 0.3 is 0 Å². The molecule has 0 aliphatic heterocycles. The zero-order chi connectivity index (χ0) is 19.8. The number of methoxy groups -OCH3 is 1. The van der Waals surface area contributed by atoms with Gasteiger partial charge in [0.25, 0.3) is 5.91 Å². The average Bonchev–Trinajstić information content (AvgIpc) is 3.23. The van der Waals surface area contributed by atoms with E-state index in [0.29, 0.717) is 26.5 Å². The molecule has 1 amide bonds. The van der Waals surface area contributed by atoms with Gasteiger partial charge in [0.2, 0.25) is 0 Å². The topological polar surface area (TPSA) is 77.2 Å². The Morgan fingerprint density at radius 1 is 1.21 bits per heavy atom. The minimum atomic E-state index is -0.407. The van der Waals surface area contributed by atoms with Gasteiger partial charge in [-0.1, -0.05) is 45.8 Å². The summed E-state index contributed by atoms with van der Waals surface area (Å²) in [5.41, 5.74) is 1.75. The van der Waals surface area contributed by atoms with Crippen LogP contribution in [0.25, 0.3) is 21.5 Å². The predicted octanol–water partition coefficient (Wildman–Crippen LogP) is 5.83. The van der Waals surface area contributed by atoms with Crippen molar-refractivity contribution in [3.63, 3.8) is 0 Å². The van der Waals surface area contributed by atoms with Crippen LogP contribution in [0.2, 0.25) is 10.0 Å². The smallest absolute Gasteiger partial charge is 0.263 e. The molecule has 0 saturated heterocycles. The Morgan fingerprint density at radius 2 is 1.96 bits per heavy atom. The van der Waals surface area contributed by atoms with Crippen molar-refractivity contribution in [2.45, 2.75) is 6.92 Å². The second kappa shape index (κ2) is 7.43. The largest absolute Gasteiger partial charge is 0.497 e. The van der Waals surface area contributed by atoms with Crippen LogP contribution in [0.1, 0.15) is 16.1 Å². The Labute approximate surface area is 174 Å². The standard InChI is InChI=1S/C19H13Cl2N3O3S/c1-9-15(17(24-27-9)16-11(20)4-3-5-12(16)21)18(25)23-19-22-13-7-6-10(26-2)8-14(13)28-19/h3-8H,1-2H3,(H,22,23,25). The lowest BCUT2D eigenvalue weighted by Gasteiger charge is -2.06. The molecular weight excluding hydrogens is 421 g/mol. The van der Waals surface area contributed by atoms with Gasteiger partial charge in [-0.25, -0.2) is 4.98 Å². The summed E-state index contributed by atoms with van der Waals surface area (Å²) in [6.07, 6.45) is 0. The van der Waals surface area contributed by atoms with Gasteiger partial charge in [0.05, 0.1) is 27.4 Å². The molecule has 0 aliphatic rings. The van der Waals surface area contributed by atoms with E-state index in [4.69, 9.17) is 32.5 Å². The van der Waals surface area contributed by atoms with E-state index in [1.807, 2.05) is 18.2 Å². The highest BCUT2D eigenvalue weighted by molar-refractivity contribution is 7.22. The predicted molar refractivity (Wildman–Crippen MR) is 111 cm³/mol. The second-order valence-corrected chi connectivity index (χ2v) is 7.71. The van der Waals surface area contributed by atoms with E-state index in [0.717, 1.165) is 16.0 Å². The molecule has 0 atom stereocenters. The van der Waals surface area contributed by atoms with Crippen molar-refractivity contribution in [2.24, 2.45) is 0 Å². The first-order chi connectivity index (χ1) is 13.5. The molecule has 0 saturated carbocycles.